The van der Waals surface area contributed by atoms with Crippen molar-refractivity contribution >= 4 is 68.6 Å². The van der Waals surface area contributed by atoms with Crippen LogP contribution in [0.2, 0.25) is 0 Å². The van der Waals surface area contributed by atoms with E-state index in [1.165, 1.54) is 126 Å². The van der Waals surface area contributed by atoms with Gasteiger partial charge in [-0.15, -0.1) is 0 Å². The quantitative estimate of drug-likeness (QED) is 0.164. The van der Waals surface area contributed by atoms with E-state index in [1.54, 1.807) is 0 Å². The molecule has 332 valence electrons. The largest absolute Gasteiger partial charge is 0.334 e. The molecule has 0 aromatic heterocycles. The minimum Gasteiger partial charge on any atom is -0.334 e. The zero-order valence-electron chi connectivity index (χ0n) is 42.1. The predicted octanol–water partition coefficient (Wildman–Crippen LogP) is 14.7. The number of aryl methyl sites for hydroxylation is 2. The van der Waals surface area contributed by atoms with Crippen LogP contribution < -0.4 is 31.1 Å². The summed E-state index contributed by atoms with van der Waals surface area (Å²) < 4.78 is 0. The van der Waals surface area contributed by atoms with Crippen molar-refractivity contribution in [2.45, 2.75) is 162 Å². The first-order valence-electron chi connectivity index (χ1n) is 24.7. The third-order valence-corrected chi connectivity index (χ3v) is 17.1. The van der Waals surface area contributed by atoms with Crippen molar-refractivity contribution < 1.29 is 0 Å². The van der Waals surface area contributed by atoms with E-state index < -0.39 is 0 Å². The summed E-state index contributed by atoms with van der Waals surface area (Å²) in [5, 5.41) is 0. The van der Waals surface area contributed by atoms with E-state index in [4.69, 9.17) is 0 Å². The fourth-order valence-electron chi connectivity index (χ4n) is 13.2. The van der Waals surface area contributed by atoms with Gasteiger partial charge >= 0.3 is 0 Å². The number of rotatable bonds is 3. The Morgan fingerprint density at radius 2 is 0.862 bits per heavy atom. The molecule has 4 aliphatic heterocycles. The molecule has 11 rings (SSSR count). The minimum absolute atomic E-state index is 0.00606. The second-order valence-electron chi connectivity index (χ2n) is 24.8. The highest BCUT2D eigenvalue weighted by Crippen LogP contribution is 2.62. The summed E-state index contributed by atoms with van der Waals surface area (Å²) in [6.07, 6.45) is 4.85. The summed E-state index contributed by atoms with van der Waals surface area (Å²) in [6.45, 7) is 35.9. The molecule has 1 saturated carbocycles. The number of hydrogen-bond donors (Lipinski definition) is 0. The summed E-state index contributed by atoms with van der Waals surface area (Å²) in [4.78, 5) is 8.16. The maximum absolute atomic E-state index is 2.82. The zero-order valence-corrected chi connectivity index (χ0v) is 42.1. The smallest absolute Gasteiger partial charge is 0.252 e. The third-order valence-electron chi connectivity index (χ3n) is 17.1. The topological polar surface area (TPSA) is 9.72 Å². The van der Waals surface area contributed by atoms with Gasteiger partial charge in [-0.05, 0) is 165 Å². The molecule has 2 atom stereocenters. The van der Waals surface area contributed by atoms with Crippen LogP contribution in [0.15, 0.2) is 103 Å². The van der Waals surface area contributed by atoms with E-state index in [9.17, 15) is 0 Å². The normalized spacial score (nSPS) is 21.3. The fraction of sp³-hybridized carbons (Fsp3) is 0.410. The SMILES string of the molecule is Cc1cc2c3c(c1)C(C)(C)c1cc(C)cc4c1B3c1c(cc(N3c5ccc(C(C)(C)C)cc5C5(C)CCCCC35C)cc1N4c1ccc(C(C)(C)C)cc1)N2c1ccc(C(C)(C)C)cc1. The van der Waals surface area contributed by atoms with E-state index in [2.05, 4.69) is 222 Å². The number of hydrogen-bond acceptors (Lipinski definition) is 3. The van der Waals surface area contributed by atoms with Gasteiger partial charge < -0.3 is 14.7 Å². The van der Waals surface area contributed by atoms with Crippen LogP contribution in [-0.2, 0) is 27.1 Å². The molecule has 4 heterocycles. The summed E-state index contributed by atoms with van der Waals surface area (Å²) in [6, 6.07) is 41.9. The van der Waals surface area contributed by atoms with Crippen molar-refractivity contribution in [2.24, 2.45) is 0 Å². The molecule has 5 aliphatic rings. The van der Waals surface area contributed by atoms with Gasteiger partial charge in [0, 0.05) is 56.3 Å². The second kappa shape index (κ2) is 13.5. The van der Waals surface area contributed by atoms with Crippen LogP contribution in [0.5, 0.6) is 0 Å². The Bertz CT molecular complexity index is 2820. The van der Waals surface area contributed by atoms with Gasteiger partial charge in [-0.1, -0.05) is 144 Å². The molecule has 2 unspecified atom stereocenters. The van der Waals surface area contributed by atoms with Gasteiger partial charge in [0.15, 0.2) is 0 Å². The average Bonchev–Trinajstić information content (AvgIpc) is 3.44. The monoisotopic (exact) mass is 856 g/mol. The molecule has 3 nitrogen and oxygen atoms in total. The molecule has 0 bridgehead atoms. The molecule has 1 aliphatic carbocycles. The van der Waals surface area contributed by atoms with Crippen LogP contribution in [-0.4, -0.2) is 12.3 Å². The van der Waals surface area contributed by atoms with E-state index in [0.29, 0.717) is 0 Å². The molecule has 0 spiro atoms. The Kier molecular flexibility index (Phi) is 8.78. The molecular weight excluding hydrogens is 786 g/mol. The van der Waals surface area contributed by atoms with Crippen molar-refractivity contribution in [3.8, 4) is 0 Å². The highest BCUT2D eigenvalue weighted by atomic mass is 15.3. The molecule has 6 aromatic rings. The molecule has 0 amide bonds. The standard InChI is InChI=1S/C61H70BN3/c1-37-30-46-53-49(32-37)63(42-23-18-39(19-24-42)56(3,4)5)51-35-44(65-48-27-22-41(58(9,10)11)34-45(48)60(14)28-16-17-29-61(60,65)15)36-52-55(51)62(53)54-47(59(46,12)13)31-38(2)33-50(54)64(52)43-25-20-40(21-26-43)57(6,7)8/h18-27,30-36H,16-17,28-29H2,1-15H3. The van der Waals surface area contributed by atoms with Crippen molar-refractivity contribution in [3.05, 3.63) is 148 Å². The highest BCUT2D eigenvalue weighted by molar-refractivity contribution is 7.01. The Morgan fingerprint density at radius 1 is 0.431 bits per heavy atom. The van der Waals surface area contributed by atoms with E-state index in [-0.39, 0.29) is 39.3 Å². The number of nitrogens with zero attached hydrogens (tertiary/aromatic N) is 3. The van der Waals surface area contributed by atoms with E-state index >= 15 is 0 Å². The first-order valence-corrected chi connectivity index (χ1v) is 24.7. The maximum Gasteiger partial charge on any atom is 0.252 e. The molecule has 6 aromatic carbocycles. The van der Waals surface area contributed by atoms with Crippen LogP contribution in [0, 0.1) is 13.8 Å². The van der Waals surface area contributed by atoms with Crippen LogP contribution in [0.1, 0.15) is 160 Å². The summed E-state index contributed by atoms with van der Waals surface area (Å²) in [5.41, 5.74) is 25.7. The van der Waals surface area contributed by atoms with Gasteiger partial charge in [0.1, 0.15) is 0 Å². The van der Waals surface area contributed by atoms with Crippen molar-refractivity contribution in [2.75, 3.05) is 14.7 Å². The summed E-state index contributed by atoms with van der Waals surface area (Å²) >= 11 is 0. The Hall–Kier alpha value is -5.22. The lowest BCUT2D eigenvalue weighted by atomic mass is 9.28. The lowest BCUT2D eigenvalue weighted by molar-refractivity contribution is 0.195. The van der Waals surface area contributed by atoms with Gasteiger partial charge in [0.05, 0.1) is 5.54 Å². The molecule has 65 heavy (non-hydrogen) atoms. The first-order chi connectivity index (χ1) is 30.4. The summed E-state index contributed by atoms with van der Waals surface area (Å²) in [7, 11) is 0. The molecule has 1 fully saturated rings. The van der Waals surface area contributed by atoms with Gasteiger partial charge in [-0.25, -0.2) is 0 Å². The minimum atomic E-state index is -0.202. The van der Waals surface area contributed by atoms with Gasteiger partial charge in [0.2, 0.25) is 0 Å². The lowest BCUT2D eigenvalue weighted by Gasteiger charge is -2.52. The lowest BCUT2D eigenvalue weighted by Crippen LogP contribution is -2.67. The molecule has 0 radical (unpaired) electrons. The van der Waals surface area contributed by atoms with E-state index in [0.717, 1.165) is 6.42 Å². The average molecular weight is 856 g/mol. The maximum atomic E-state index is 2.82. The first kappa shape index (κ1) is 42.4. The van der Waals surface area contributed by atoms with Crippen LogP contribution >= 0.6 is 0 Å². The van der Waals surface area contributed by atoms with Gasteiger partial charge in [-0.2, -0.15) is 0 Å². The molecule has 4 heteroatoms. The van der Waals surface area contributed by atoms with Crippen LogP contribution in [0.3, 0.4) is 0 Å². The Labute approximate surface area is 391 Å². The molecule has 0 saturated heterocycles. The van der Waals surface area contributed by atoms with Crippen LogP contribution in [0.25, 0.3) is 0 Å². The van der Waals surface area contributed by atoms with Crippen molar-refractivity contribution in [1.82, 2.24) is 0 Å². The molecular formula is C61H70BN3. The van der Waals surface area contributed by atoms with Crippen molar-refractivity contribution in [1.29, 1.82) is 0 Å². The van der Waals surface area contributed by atoms with E-state index in [1.807, 2.05) is 0 Å². The fourth-order valence-corrected chi connectivity index (χ4v) is 13.2. The number of benzene rings is 6. The third kappa shape index (κ3) is 5.86. The van der Waals surface area contributed by atoms with Gasteiger partial charge in [0.25, 0.3) is 6.71 Å². The second-order valence-corrected chi connectivity index (χ2v) is 24.8. The van der Waals surface area contributed by atoms with Crippen LogP contribution in [0.4, 0.5) is 45.5 Å². The van der Waals surface area contributed by atoms with Gasteiger partial charge in [-0.3, -0.25) is 0 Å². The highest BCUT2D eigenvalue weighted by Gasteiger charge is 2.59. The Morgan fingerprint density at radius 3 is 1.32 bits per heavy atom. The predicted molar refractivity (Wildman–Crippen MR) is 281 cm³/mol. The summed E-state index contributed by atoms with van der Waals surface area (Å²) in [5.74, 6) is 0. The number of fused-ring (bicyclic) bond motifs is 3. The Balaban J connectivity index is 1.27. The number of anilines is 8. The zero-order chi connectivity index (χ0) is 46.1. The van der Waals surface area contributed by atoms with Crippen molar-refractivity contribution in [3.63, 3.8) is 0 Å². The molecule has 0 N–H and O–H groups in total.